The zero-order valence-electron chi connectivity index (χ0n) is 11.6. The van der Waals surface area contributed by atoms with E-state index in [-0.39, 0.29) is 0 Å². The molecule has 20 heavy (non-hydrogen) atoms. The van der Waals surface area contributed by atoms with Gasteiger partial charge in [0.25, 0.3) is 5.91 Å². The maximum atomic E-state index is 12.3. The van der Waals surface area contributed by atoms with Crippen molar-refractivity contribution in [2.24, 2.45) is 5.41 Å². The van der Waals surface area contributed by atoms with Crippen molar-refractivity contribution in [2.75, 3.05) is 0 Å². The number of carboxylic acid groups (broad SMARTS) is 1. The molecule has 1 unspecified atom stereocenters. The number of carbonyl (C=O) groups excluding carboxylic acids is 1. The first-order chi connectivity index (χ1) is 9.30. The lowest BCUT2D eigenvalue weighted by Crippen LogP contribution is -2.49. The number of amides is 1. The first kappa shape index (κ1) is 14.0. The van der Waals surface area contributed by atoms with Crippen LogP contribution in [0.5, 0.6) is 0 Å². The molecule has 0 bridgehead atoms. The average Bonchev–Trinajstić information content (AvgIpc) is 2.77. The highest BCUT2D eigenvalue weighted by Gasteiger charge is 2.33. The van der Waals surface area contributed by atoms with Gasteiger partial charge in [-0.25, -0.2) is 9.31 Å². The third kappa shape index (κ3) is 2.64. The van der Waals surface area contributed by atoms with Gasteiger partial charge in [-0.2, -0.15) is 5.10 Å². The fraction of sp³-hybridized carbons (Fsp3) is 0.357. The Morgan fingerprint density at radius 3 is 2.65 bits per heavy atom. The molecule has 0 aliphatic heterocycles. The summed E-state index contributed by atoms with van der Waals surface area (Å²) in [4.78, 5) is 23.5. The molecule has 2 rings (SSSR count). The Morgan fingerprint density at radius 1 is 1.35 bits per heavy atom. The van der Waals surface area contributed by atoms with Crippen LogP contribution in [-0.2, 0) is 4.79 Å². The summed E-state index contributed by atoms with van der Waals surface area (Å²) < 4.78 is 1.57. The van der Waals surface area contributed by atoms with Crippen LogP contribution in [-0.4, -0.2) is 32.6 Å². The van der Waals surface area contributed by atoms with Crippen molar-refractivity contribution in [3.63, 3.8) is 0 Å². The molecule has 2 heterocycles. The molecule has 0 fully saturated rings. The van der Waals surface area contributed by atoms with Crippen molar-refractivity contribution < 1.29 is 14.7 Å². The van der Waals surface area contributed by atoms with Gasteiger partial charge in [0.05, 0.1) is 17.3 Å². The molecular weight excluding hydrogens is 258 g/mol. The number of rotatable bonds is 3. The number of nitrogens with zero attached hydrogens (tertiary/aromatic N) is 2. The van der Waals surface area contributed by atoms with E-state index in [1.54, 1.807) is 49.7 Å². The summed E-state index contributed by atoms with van der Waals surface area (Å²) in [6.07, 6.45) is 3.16. The Bertz CT molecular complexity index is 655. The summed E-state index contributed by atoms with van der Waals surface area (Å²) in [7, 11) is 0. The highest BCUT2D eigenvalue weighted by Crippen LogP contribution is 2.20. The maximum absolute atomic E-state index is 12.3. The minimum atomic E-state index is -1.05. The summed E-state index contributed by atoms with van der Waals surface area (Å²) in [5.74, 6) is -1.49. The van der Waals surface area contributed by atoms with E-state index in [9.17, 15) is 14.7 Å². The number of carbonyl (C=O) groups is 2. The molecule has 0 aliphatic carbocycles. The van der Waals surface area contributed by atoms with Gasteiger partial charge in [-0.15, -0.1) is 0 Å². The number of aliphatic carboxylic acids is 1. The van der Waals surface area contributed by atoms with Gasteiger partial charge >= 0.3 is 5.97 Å². The molecule has 1 amide bonds. The summed E-state index contributed by atoms with van der Waals surface area (Å²) in [6, 6.07) is 4.39. The van der Waals surface area contributed by atoms with Gasteiger partial charge in [-0.1, -0.05) is 26.8 Å². The molecule has 1 atom stereocenters. The summed E-state index contributed by atoms with van der Waals surface area (Å²) in [5.41, 5.74) is 0.425. The monoisotopic (exact) mass is 275 g/mol. The molecule has 0 aliphatic rings. The van der Waals surface area contributed by atoms with Gasteiger partial charge in [0.2, 0.25) is 0 Å². The second-order valence-corrected chi connectivity index (χ2v) is 5.70. The molecule has 0 saturated heterocycles. The Kier molecular flexibility index (Phi) is 3.48. The minimum Gasteiger partial charge on any atom is -0.480 e. The van der Waals surface area contributed by atoms with Gasteiger partial charge in [0.15, 0.2) is 0 Å². The topological polar surface area (TPSA) is 83.7 Å². The zero-order valence-corrected chi connectivity index (χ0v) is 11.6. The molecule has 6 heteroatoms. The predicted molar refractivity (Wildman–Crippen MR) is 73.5 cm³/mol. The maximum Gasteiger partial charge on any atom is 0.326 e. The Labute approximate surface area is 116 Å². The van der Waals surface area contributed by atoms with Crippen LogP contribution < -0.4 is 5.32 Å². The molecule has 0 spiro atoms. The minimum absolute atomic E-state index is 0.362. The summed E-state index contributed by atoms with van der Waals surface area (Å²) in [6.45, 7) is 5.30. The third-order valence-corrected chi connectivity index (χ3v) is 3.06. The zero-order chi connectivity index (χ0) is 14.9. The number of hydrogen-bond acceptors (Lipinski definition) is 3. The van der Waals surface area contributed by atoms with Crippen LogP contribution in [0.2, 0.25) is 0 Å². The lowest BCUT2D eigenvalue weighted by Gasteiger charge is -2.27. The van der Waals surface area contributed by atoms with Crippen molar-refractivity contribution >= 4 is 17.4 Å². The van der Waals surface area contributed by atoms with Crippen molar-refractivity contribution in [2.45, 2.75) is 26.8 Å². The molecule has 2 N–H and O–H groups in total. The SMILES string of the molecule is CC(C)(C)C(NC(=O)c1cnn2ccccc12)C(=O)O. The van der Waals surface area contributed by atoms with Crippen LogP contribution in [0.1, 0.15) is 31.1 Å². The molecule has 6 nitrogen and oxygen atoms in total. The van der Waals surface area contributed by atoms with E-state index in [0.29, 0.717) is 11.1 Å². The van der Waals surface area contributed by atoms with Crippen LogP contribution in [0.3, 0.4) is 0 Å². The van der Waals surface area contributed by atoms with Gasteiger partial charge in [0.1, 0.15) is 6.04 Å². The Balaban J connectivity index is 2.30. The highest BCUT2D eigenvalue weighted by atomic mass is 16.4. The number of carboxylic acids is 1. The van der Waals surface area contributed by atoms with Gasteiger partial charge in [-0.3, -0.25) is 4.79 Å². The van der Waals surface area contributed by atoms with Gasteiger partial charge in [-0.05, 0) is 17.5 Å². The van der Waals surface area contributed by atoms with Gasteiger partial charge < -0.3 is 10.4 Å². The van der Waals surface area contributed by atoms with Crippen molar-refractivity contribution in [3.05, 3.63) is 36.2 Å². The van der Waals surface area contributed by atoms with Crippen molar-refractivity contribution in [1.29, 1.82) is 0 Å². The van der Waals surface area contributed by atoms with Crippen LogP contribution in [0.15, 0.2) is 30.6 Å². The molecule has 0 radical (unpaired) electrons. The third-order valence-electron chi connectivity index (χ3n) is 3.06. The molecule has 106 valence electrons. The Morgan fingerprint density at radius 2 is 2.05 bits per heavy atom. The molecular formula is C14H17N3O3. The second kappa shape index (κ2) is 4.96. The molecule has 2 aromatic heterocycles. The van der Waals surface area contributed by atoms with E-state index in [4.69, 9.17) is 0 Å². The quantitative estimate of drug-likeness (QED) is 0.890. The molecule has 2 aromatic rings. The number of hydrogen-bond donors (Lipinski definition) is 2. The lowest BCUT2D eigenvalue weighted by molar-refractivity contribution is -0.142. The molecule has 0 aromatic carbocycles. The lowest BCUT2D eigenvalue weighted by atomic mass is 9.86. The summed E-state index contributed by atoms with van der Waals surface area (Å²) in [5, 5.41) is 15.9. The fourth-order valence-corrected chi connectivity index (χ4v) is 1.97. The predicted octanol–water partition coefficient (Wildman–Crippen LogP) is 1.56. The standard InChI is InChI=1S/C14H17N3O3/c1-14(2,3)11(13(19)20)16-12(18)9-8-15-17-7-5-4-6-10(9)17/h4-8,11H,1-3H3,(H,16,18)(H,19,20). The Hall–Kier alpha value is -2.37. The van der Waals surface area contributed by atoms with Crippen molar-refractivity contribution in [1.82, 2.24) is 14.9 Å². The molecule has 0 saturated carbocycles. The van der Waals surface area contributed by atoms with E-state index < -0.39 is 23.3 Å². The number of nitrogens with one attached hydrogen (secondary N) is 1. The van der Waals surface area contributed by atoms with E-state index in [1.807, 2.05) is 0 Å². The number of aromatic nitrogens is 2. The van der Waals surface area contributed by atoms with Gasteiger partial charge in [0, 0.05) is 6.20 Å². The number of pyridine rings is 1. The smallest absolute Gasteiger partial charge is 0.326 e. The normalized spacial score (nSPS) is 13.2. The van der Waals surface area contributed by atoms with E-state index >= 15 is 0 Å². The van der Waals surface area contributed by atoms with Crippen LogP contribution in [0, 0.1) is 5.41 Å². The van der Waals surface area contributed by atoms with E-state index in [1.165, 1.54) is 6.20 Å². The second-order valence-electron chi connectivity index (χ2n) is 5.70. The van der Waals surface area contributed by atoms with Crippen molar-refractivity contribution in [3.8, 4) is 0 Å². The first-order valence-electron chi connectivity index (χ1n) is 6.27. The average molecular weight is 275 g/mol. The first-order valence-corrected chi connectivity index (χ1v) is 6.27. The van der Waals surface area contributed by atoms with Crippen LogP contribution >= 0.6 is 0 Å². The largest absolute Gasteiger partial charge is 0.480 e. The fourth-order valence-electron chi connectivity index (χ4n) is 1.97. The number of fused-ring (bicyclic) bond motifs is 1. The van der Waals surface area contributed by atoms with Crippen LogP contribution in [0.25, 0.3) is 5.52 Å². The van der Waals surface area contributed by atoms with E-state index in [0.717, 1.165) is 0 Å². The van der Waals surface area contributed by atoms with E-state index in [2.05, 4.69) is 10.4 Å². The van der Waals surface area contributed by atoms with Crippen LogP contribution in [0.4, 0.5) is 0 Å². The summed E-state index contributed by atoms with van der Waals surface area (Å²) >= 11 is 0. The highest BCUT2D eigenvalue weighted by molar-refractivity contribution is 6.02.